The number of hydrogen-bond donors (Lipinski definition) is 2. The van der Waals surface area contributed by atoms with Crippen molar-refractivity contribution in [1.29, 1.82) is 0 Å². The summed E-state index contributed by atoms with van der Waals surface area (Å²) in [5.41, 5.74) is 1.28. The minimum absolute atomic E-state index is 0.150. The Morgan fingerprint density at radius 2 is 2.05 bits per heavy atom. The minimum Gasteiger partial charge on any atom is -0.497 e. The number of ether oxygens (including phenoxy) is 1. The maximum Gasteiger partial charge on any atom is 0.119 e. The van der Waals surface area contributed by atoms with Gasteiger partial charge >= 0.3 is 0 Å². The van der Waals surface area contributed by atoms with Gasteiger partial charge in [-0.25, -0.2) is 0 Å². The number of halogens is 1. The lowest BCUT2D eigenvalue weighted by molar-refractivity contribution is 0.119. The van der Waals surface area contributed by atoms with Crippen LogP contribution in [0.15, 0.2) is 22.7 Å². The number of nitrogens with one attached hydrogen (secondary N) is 1. The van der Waals surface area contributed by atoms with Crippen molar-refractivity contribution in [2.75, 3.05) is 13.7 Å². The summed E-state index contributed by atoms with van der Waals surface area (Å²) in [5.74, 6) is 0.843. The number of aliphatic hydroxyl groups excluding tert-OH is 1. The van der Waals surface area contributed by atoms with Gasteiger partial charge in [0.25, 0.3) is 0 Å². The highest BCUT2D eigenvalue weighted by molar-refractivity contribution is 9.10. The van der Waals surface area contributed by atoms with Gasteiger partial charge in [0.1, 0.15) is 5.75 Å². The second-order valence-corrected chi connectivity index (χ2v) is 6.86. The maximum absolute atomic E-state index is 9.93. The van der Waals surface area contributed by atoms with Crippen LogP contribution < -0.4 is 10.1 Å². The monoisotopic (exact) mass is 329 g/mol. The quantitative estimate of drug-likeness (QED) is 0.841. The first kappa shape index (κ1) is 16.5. The Labute approximate surface area is 124 Å². The van der Waals surface area contributed by atoms with Crippen LogP contribution in [0.25, 0.3) is 0 Å². The number of benzene rings is 1. The molecule has 4 heteroatoms. The van der Waals surface area contributed by atoms with Gasteiger partial charge in [-0.05, 0) is 35.6 Å². The lowest BCUT2D eigenvalue weighted by Gasteiger charge is -2.22. The number of aliphatic hydroxyl groups is 1. The number of hydrogen-bond acceptors (Lipinski definition) is 3. The van der Waals surface area contributed by atoms with Gasteiger partial charge in [-0.1, -0.05) is 36.7 Å². The van der Waals surface area contributed by atoms with E-state index in [1.54, 1.807) is 7.11 Å². The predicted octanol–water partition coefficient (Wildman–Crippen LogP) is 3.34. The Hall–Kier alpha value is -0.580. The molecule has 0 aromatic heterocycles. The van der Waals surface area contributed by atoms with Crippen molar-refractivity contribution in [1.82, 2.24) is 5.32 Å². The standard InChI is InChI=1S/C15H24BrNO2/c1-15(2,3)8-12(18)10-17-9-11-7-13(19-4)5-6-14(11)16/h5-7,12,17-18H,8-10H2,1-4H3. The first-order valence-corrected chi connectivity index (χ1v) is 7.32. The molecule has 0 aliphatic carbocycles. The van der Waals surface area contributed by atoms with Gasteiger partial charge in [-0.3, -0.25) is 0 Å². The fourth-order valence-electron chi connectivity index (χ4n) is 1.97. The van der Waals surface area contributed by atoms with Crippen molar-refractivity contribution < 1.29 is 9.84 Å². The zero-order valence-electron chi connectivity index (χ0n) is 12.2. The Morgan fingerprint density at radius 1 is 1.37 bits per heavy atom. The summed E-state index contributed by atoms with van der Waals surface area (Å²) in [7, 11) is 1.66. The highest BCUT2D eigenvalue weighted by atomic mass is 79.9. The Morgan fingerprint density at radius 3 is 2.63 bits per heavy atom. The molecule has 1 aromatic rings. The van der Waals surface area contributed by atoms with Crippen molar-refractivity contribution in [3.05, 3.63) is 28.2 Å². The lowest BCUT2D eigenvalue weighted by atomic mass is 9.89. The molecule has 0 saturated carbocycles. The molecule has 108 valence electrons. The van der Waals surface area contributed by atoms with E-state index in [0.717, 1.165) is 22.2 Å². The normalized spacial score (nSPS) is 13.4. The van der Waals surface area contributed by atoms with E-state index in [0.29, 0.717) is 13.1 Å². The molecule has 0 aliphatic rings. The van der Waals surface area contributed by atoms with E-state index in [-0.39, 0.29) is 11.5 Å². The molecular formula is C15H24BrNO2. The van der Waals surface area contributed by atoms with E-state index >= 15 is 0 Å². The highest BCUT2D eigenvalue weighted by Crippen LogP contribution is 2.23. The molecule has 1 aromatic carbocycles. The van der Waals surface area contributed by atoms with Crippen molar-refractivity contribution >= 4 is 15.9 Å². The third-order valence-corrected chi connectivity index (χ3v) is 3.57. The van der Waals surface area contributed by atoms with E-state index in [4.69, 9.17) is 4.74 Å². The van der Waals surface area contributed by atoms with Crippen LogP contribution in [0.2, 0.25) is 0 Å². The van der Waals surface area contributed by atoms with E-state index in [9.17, 15) is 5.11 Å². The Bertz CT molecular complexity index is 402. The van der Waals surface area contributed by atoms with Crippen LogP contribution >= 0.6 is 15.9 Å². The van der Waals surface area contributed by atoms with Crippen LogP contribution in [0.4, 0.5) is 0 Å². The van der Waals surface area contributed by atoms with Crippen LogP contribution in [0, 0.1) is 5.41 Å². The molecule has 3 nitrogen and oxygen atoms in total. The molecule has 0 radical (unpaired) electrons. The zero-order valence-corrected chi connectivity index (χ0v) is 13.8. The molecule has 0 heterocycles. The summed E-state index contributed by atoms with van der Waals surface area (Å²) in [5, 5.41) is 13.2. The van der Waals surface area contributed by atoms with Crippen LogP contribution in [0.1, 0.15) is 32.8 Å². The van der Waals surface area contributed by atoms with E-state index in [1.807, 2.05) is 18.2 Å². The molecule has 19 heavy (non-hydrogen) atoms. The average Bonchev–Trinajstić information content (AvgIpc) is 2.29. The van der Waals surface area contributed by atoms with Crippen LogP contribution in [0.3, 0.4) is 0 Å². The SMILES string of the molecule is COc1ccc(Br)c(CNCC(O)CC(C)(C)C)c1. The van der Waals surface area contributed by atoms with Crippen molar-refractivity contribution in [2.45, 2.75) is 39.8 Å². The molecule has 0 saturated heterocycles. The molecule has 0 aliphatic heterocycles. The van der Waals surface area contributed by atoms with Gasteiger partial charge in [-0.15, -0.1) is 0 Å². The molecule has 1 unspecified atom stereocenters. The zero-order chi connectivity index (χ0) is 14.5. The smallest absolute Gasteiger partial charge is 0.119 e. The summed E-state index contributed by atoms with van der Waals surface area (Å²) < 4.78 is 6.25. The fourth-order valence-corrected chi connectivity index (χ4v) is 2.35. The van der Waals surface area contributed by atoms with Crippen molar-refractivity contribution in [3.8, 4) is 5.75 Å². The van der Waals surface area contributed by atoms with E-state index < -0.39 is 0 Å². The van der Waals surface area contributed by atoms with E-state index in [2.05, 4.69) is 42.0 Å². The molecule has 0 bridgehead atoms. The second-order valence-electron chi connectivity index (χ2n) is 6.01. The van der Waals surface area contributed by atoms with Gasteiger partial charge in [0, 0.05) is 17.6 Å². The Balaban J connectivity index is 2.45. The predicted molar refractivity (Wildman–Crippen MR) is 82.5 cm³/mol. The van der Waals surface area contributed by atoms with E-state index in [1.165, 1.54) is 0 Å². The number of methoxy groups -OCH3 is 1. The van der Waals surface area contributed by atoms with Crippen molar-refractivity contribution in [2.24, 2.45) is 5.41 Å². The summed E-state index contributed by atoms with van der Waals surface area (Å²) in [6, 6.07) is 5.89. The van der Waals surface area contributed by atoms with Crippen molar-refractivity contribution in [3.63, 3.8) is 0 Å². The second kappa shape index (κ2) is 7.27. The molecule has 0 fully saturated rings. The first-order valence-electron chi connectivity index (χ1n) is 6.53. The molecule has 1 atom stereocenters. The van der Waals surface area contributed by atoms with Gasteiger partial charge in [0.15, 0.2) is 0 Å². The molecule has 2 N–H and O–H groups in total. The molecule has 0 spiro atoms. The topological polar surface area (TPSA) is 41.5 Å². The Kier molecular flexibility index (Phi) is 6.30. The van der Waals surface area contributed by atoms with Gasteiger partial charge in [0.2, 0.25) is 0 Å². The van der Waals surface area contributed by atoms with Crippen LogP contribution in [-0.2, 0) is 6.54 Å². The molecular weight excluding hydrogens is 306 g/mol. The summed E-state index contributed by atoms with van der Waals surface area (Å²) >= 11 is 3.52. The number of rotatable bonds is 6. The average molecular weight is 330 g/mol. The minimum atomic E-state index is -0.315. The van der Waals surface area contributed by atoms with Gasteiger partial charge in [-0.2, -0.15) is 0 Å². The lowest BCUT2D eigenvalue weighted by Crippen LogP contribution is -2.29. The van der Waals surface area contributed by atoms with Crippen LogP contribution in [0.5, 0.6) is 5.75 Å². The van der Waals surface area contributed by atoms with Gasteiger partial charge < -0.3 is 15.2 Å². The molecule has 0 amide bonds. The molecule has 1 rings (SSSR count). The van der Waals surface area contributed by atoms with Crippen LogP contribution in [-0.4, -0.2) is 24.9 Å². The largest absolute Gasteiger partial charge is 0.497 e. The highest BCUT2D eigenvalue weighted by Gasteiger charge is 2.16. The third kappa shape index (κ3) is 6.41. The summed E-state index contributed by atoms with van der Waals surface area (Å²) in [6.07, 6.45) is 0.476. The summed E-state index contributed by atoms with van der Waals surface area (Å²) in [6.45, 7) is 7.71. The van der Waals surface area contributed by atoms with Gasteiger partial charge in [0.05, 0.1) is 13.2 Å². The fraction of sp³-hybridized carbons (Fsp3) is 0.600. The maximum atomic E-state index is 9.93. The summed E-state index contributed by atoms with van der Waals surface area (Å²) in [4.78, 5) is 0. The third-order valence-electron chi connectivity index (χ3n) is 2.80. The first-order chi connectivity index (χ1) is 8.81.